The summed E-state index contributed by atoms with van der Waals surface area (Å²) in [7, 11) is 0. The molecule has 4 rings (SSSR count). The predicted octanol–water partition coefficient (Wildman–Crippen LogP) is 4.30. The van der Waals surface area contributed by atoms with E-state index in [1.165, 1.54) is 29.2 Å². The number of rotatable bonds is 6. The molecule has 1 aliphatic rings. The fraction of sp³-hybridized carbons (Fsp3) is 0.174. The number of hydrogen-bond acceptors (Lipinski definition) is 4. The Morgan fingerprint density at radius 1 is 1.06 bits per heavy atom. The van der Waals surface area contributed by atoms with Crippen LogP contribution in [0, 0.1) is 5.82 Å². The molecule has 158 valence electrons. The molecule has 2 heterocycles. The summed E-state index contributed by atoms with van der Waals surface area (Å²) in [5.41, 5.74) is 0.982. The number of halogens is 2. The zero-order chi connectivity index (χ0) is 22.0. The lowest BCUT2D eigenvalue weighted by Crippen LogP contribution is -2.31. The van der Waals surface area contributed by atoms with Crippen molar-refractivity contribution < 1.29 is 19.1 Å². The first-order valence-corrected chi connectivity index (χ1v) is 10.5. The van der Waals surface area contributed by atoms with Crippen LogP contribution in [0.25, 0.3) is 5.76 Å². The lowest BCUT2D eigenvalue weighted by atomic mass is 9.95. The van der Waals surface area contributed by atoms with Crippen LogP contribution in [0.2, 0.25) is 0 Å². The first-order valence-electron chi connectivity index (χ1n) is 9.71. The zero-order valence-corrected chi connectivity index (χ0v) is 18.0. The second-order valence-corrected chi connectivity index (χ2v) is 8.12. The molecule has 1 fully saturated rings. The molecule has 0 spiro atoms. The van der Waals surface area contributed by atoms with Gasteiger partial charge in [0, 0.05) is 35.5 Å². The molecule has 1 unspecified atom stereocenters. The van der Waals surface area contributed by atoms with Crippen molar-refractivity contribution in [2.75, 3.05) is 6.54 Å². The van der Waals surface area contributed by atoms with Gasteiger partial charge in [-0.1, -0.05) is 40.2 Å². The largest absolute Gasteiger partial charge is 0.507 e. The van der Waals surface area contributed by atoms with Crippen molar-refractivity contribution in [1.29, 1.82) is 0 Å². The van der Waals surface area contributed by atoms with Gasteiger partial charge in [-0.3, -0.25) is 9.59 Å². The van der Waals surface area contributed by atoms with Gasteiger partial charge >= 0.3 is 0 Å². The van der Waals surface area contributed by atoms with Crippen LogP contribution >= 0.6 is 15.9 Å². The van der Waals surface area contributed by atoms with Crippen LogP contribution in [0.15, 0.2) is 77.3 Å². The number of aliphatic hydroxyl groups is 1. The van der Waals surface area contributed by atoms with Gasteiger partial charge < -0.3 is 14.6 Å². The number of aryl methyl sites for hydroxylation is 1. The van der Waals surface area contributed by atoms with E-state index in [-0.39, 0.29) is 11.3 Å². The van der Waals surface area contributed by atoms with Gasteiger partial charge in [0.05, 0.1) is 17.9 Å². The van der Waals surface area contributed by atoms with Gasteiger partial charge in [0.15, 0.2) is 0 Å². The third-order valence-corrected chi connectivity index (χ3v) is 5.75. The van der Waals surface area contributed by atoms with E-state index in [0.717, 1.165) is 4.47 Å². The Hall–Kier alpha value is -3.26. The van der Waals surface area contributed by atoms with Gasteiger partial charge in [-0.05, 0) is 36.2 Å². The summed E-state index contributed by atoms with van der Waals surface area (Å²) in [5.74, 6) is -2.11. The molecule has 0 aliphatic carbocycles. The number of imidazole rings is 1. The van der Waals surface area contributed by atoms with E-state index in [1.54, 1.807) is 36.8 Å². The first-order chi connectivity index (χ1) is 15.0. The van der Waals surface area contributed by atoms with Crippen molar-refractivity contribution in [2.45, 2.75) is 19.0 Å². The molecule has 0 radical (unpaired) electrons. The highest BCUT2D eigenvalue weighted by Gasteiger charge is 2.45. The van der Waals surface area contributed by atoms with Crippen molar-refractivity contribution in [3.8, 4) is 0 Å². The van der Waals surface area contributed by atoms with E-state index in [9.17, 15) is 19.1 Å². The molecular formula is C23H19BrFN3O3. The fourth-order valence-corrected chi connectivity index (χ4v) is 3.97. The molecule has 1 N–H and O–H groups in total. The van der Waals surface area contributed by atoms with Gasteiger partial charge in [-0.25, -0.2) is 9.37 Å². The second kappa shape index (κ2) is 8.85. The fourth-order valence-electron chi connectivity index (χ4n) is 3.71. The second-order valence-electron chi connectivity index (χ2n) is 7.20. The van der Waals surface area contributed by atoms with Gasteiger partial charge in [-0.15, -0.1) is 0 Å². The minimum absolute atomic E-state index is 0.00145. The summed E-state index contributed by atoms with van der Waals surface area (Å²) in [5, 5.41) is 11.0. The number of hydrogen-bond donors (Lipinski definition) is 1. The number of aromatic nitrogens is 2. The van der Waals surface area contributed by atoms with Crippen LogP contribution in [-0.4, -0.2) is 37.8 Å². The predicted molar refractivity (Wildman–Crippen MR) is 116 cm³/mol. The van der Waals surface area contributed by atoms with Crippen LogP contribution in [0.5, 0.6) is 0 Å². The number of Topliss-reactive ketones (excluding diaryl/α,β-unsaturated/α-hetero) is 1. The van der Waals surface area contributed by atoms with Crippen LogP contribution in [0.1, 0.15) is 23.6 Å². The molecule has 1 saturated heterocycles. The van der Waals surface area contributed by atoms with Crippen LogP contribution < -0.4 is 0 Å². The SMILES string of the molecule is O=C1C(=O)N(CCCn2ccnc2)C(c2ccc(F)cc2)/C1=C(/O)c1ccc(Br)cc1. The Kier molecular flexibility index (Phi) is 5.99. The molecule has 0 saturated carbocycles. The molecule has 31 heavy (non-hydrogen) atoms. The van der Waals surface area contributed by atoms with Crippen LogP contribution in [0.3, 0.4) is 0 Å². The molecule has 1 atom stereocenters. The van der Waals surface area contributed by atoms with E-state index >= 15 is 0 Å². The van der Waals surface area contributed by atoms with Crippen molar-refractivity contribution in [3.05, 3.63) is 94.2 Å². The molecule has 8 heteroatoms. The van der Waals surface area contributed by atoms with E-state index in [2.05, 4.69) is 20.9 Å². The number of aliphatic hydroxyl groups excluding tert-OH is 1. The highest BCUT2D eigenvalue weighted by Crippen LogP contribution is 2.39. The van der Waals surface area contributed by atoms with Crippen LogP contribution in [0.4, 0.5) is 4.39 Å². The monoisotopic (exact) mass is 483 g/mol. The van der Waals surface area contributed by atoms with Crippen molar-refractivity contribution >= 4 is 33.4 Å². The summed E-state index contributed by atoms with van der Waals surface area (Å²) in [6, 6.07) is 11.6. The highest BCUT2D eigenvalue weighted by atomic mass is 79.9. The summed E-state index contributed by atoms with van der Waals surface area (Å²) in [6.45, 7) is 0.910. The van der Waals surface area contributed by atoms with E-state index in [1.807, 2.05) is 10.8 Å². The highest BCUT2D eigenvalue weighted by molar-refractivity contribution is 9.10. The lowest BCUT2D eigenvalue weighted by Gasteiger charge is -2.25. The molecular weight excluding hydrogens is 465 g/mol. The lowest BCUT2D eigenvalue weighted by molar-refractivity contribution is -0.139. The minimum Gasteiger partial charge on any atom is -0.507 e. The molecule has 2 aromatic carbocycles. The minimum atomic E-state index is -0.799. The topological polar surface area (TPSA) is 75.4 Å². The number of nitrogens with zero attached hydrogens (tertiary/aromatic N) is 3. The number of benzene rings is 2. The van der Waals surface area contributed by atoms with Crippen molar-refractivity contribution in [1.82, 2.24) is 14.5 Å². The Bertz CT molecular complexity index is 1130. The Morgan fingerprint density at radius 2 is 1.77 bits per heavy atom. The van der Waals surface area contributed by atoms with Crippen molar-refractivity contribution in [3.63, 3.8) is 0 Å². The summed E-state index contributed by atoms with van der Waals surface area (Å²) < 4.78 is 16.2. The molecule has 6 nitrogen and oxygen atoms in total. The van der Waals surface area contributed by atoms with Gasteiger partial charge in [0.1, 0.15) is 11.6 Å². The zero-order valence-electron chi connectivity index (χ0n) is 16.4. The Morgan fingerprint density at radius 3 is 2.42 bits per heavy atom. The van der Waals surface area contributed by atoms with E-state index in [0.29, 0.717) is 30.6 Å². The summed E-state index contributed by atoms with van der Waals surface area (Å²) in [4.78, 5) is 31.2. The van der Waals surface area contributed by atoms with Gasteiger partial charge in [0.2, 0.25) is 0 Å². The molecule has 0 bridgehead atoms. The maximum absolute atomic E-state index is 13.5. The average Bonchev–Trinajstić information content (AvgIpc) is 3.37. The quantitative estimate of drug-likeness (QED) is 0.322. The first kappa shape index (κ1) is 21.0. The number of likely N-dealkylation sites (tertiary alicyclic amines) is 1. The summed E-state index contributed by atoms with van der Waals surface area (Å²) in [6.07, 6.45) is 5.75. The number of carbonyl (C=O) groups is 2. The van der Waals surface area contributed by atoms with Crippen LogP contribution in [-0.2, 0) is 16.1 Å². The number of amides is 1. The third-order valence-electron chi connectivity index (χ3n) is 5.22. The Balaban J connectivity index is 1.72. The normalized spacial score (nSPS) is 18.0. The summed E-state index contributed by atoms with van der Waals surface area (Å²) >= 11 is 3.34. The Labute approximate surface area is 186 Å². The number of ketones is 1. The third kappa shape index (κ3) is 4.29. The van der Waals surface area contributed by atoms with Crippen molar-refractivity contribution in [2.24, 2.45) is 0 Å². The number of carbonyl (C=O) groups excluding carboxylic acids is 2. The maximum Gasteiger partial charge on any atom is 0.295 e. The van der Waals surface area contributed by atoms with E-state index < -0.39 is 23.5 Å². The van der Waals surface area contributed by atoms with Gasteiger partial charge in [0.25, 0.3) is 11.7 Å². The average molecular weight is 484 g/mol. The molecule has 3 aromatic rings. The van der Waals surface area contributed by atoms with E-state index in [4.69, 9.17) is 0 Å². The molecule has 1 aromatic heterocycles. The van der Waals surface area contributed by atoms with Gasteiger partial charge in [-0.2, -0.15) is 0 Å². The molecule has 1 amide bonds. The standard InChI is InChI=1S/C23H19BrFN3O3/c24-17-6-2-16(3-7-17)21(29)19-20(15-4-8-18(25)9-5-15)28(23(31)22(19)30)12-1-11-27-13-10-26-14-27/h2-10,13-14,20,29H,1,11-12H2/b21-19-. The maximum atomic E-state index is 13.5. The smallest absolute Gasteiger partial charge is 0.295 e. The molecule has 1 aliphatic heterocycles.